The number of anilines is 2. The van der Waals surface area contributed by atoms with Crippen LogP contribution in [-0.2, 0) is 4.74 Å². The Morgan fingerprint density at radius 1 is 1.47 bits per heavy atom. The maximum Gasteiger partial charge on any atom is 0.340 e. The van der Waals surface area contributed by atoms with Crippen molar-refractivity contribution in [1.29, 1.82) is 0 Å². The van der Waals surface area contributed by atoms with Gasteiger partial charge in [-0.3, -0.25) is 0 Å². The van der Waals surface area contributed by atoms with Gasteiger partial charge in [0.25, 0.3) is 0 Å². The fourth-order valence-electron chi connectivity index (χ4n) is 1.47. The van der Waals surface area contributed by atoms with Crippen molar-refractivity contribution in [1.82, 2.24) is 0 Å². The van der Waals surface area contributed by atoms with Gasteiger partial charge in [0.15, 0.2) is 0 Å². The molecule has 1 aromatic carbocycles. The second kappa shape index (κ2) is 5.91. The normalized spacial score (nSPS) is 11.2. The minimum absolute atomic E-state index is 0.0409. The minimum atomic E-state index is -0.574. The van der Waals surface area contributed by atoms with E-state index in [0.717, 1.165) is 12.5 Å². The summed E-state index contributed by atoms with van der Waals surface area (Å²) in [5, 5.41) is 3.01. The molecule has 0 unspecified atom stereocenters. The van der Waals surface area contributed by atoms with Crippen molar-refractivity contribution in [2.45, 2.75) is 27.2 Å². The second-order valence-electron chi connectivity index (χ2n) is 5.28. The molecule has 0 aromatic heterocycles. The Kier molecular flexibility index (Phi) is 4.75. The Balaban J connectivity index is 2.98. The number of ether oxygens (including phenoxy) is 1. The molecule has 19 heavy (non-hydrogen) atoms. The molecule has 0 heterocycles. The number of nitrogens with two attached hydrogens (primary N) is 1. The molecule has 0 radical (unpaired) electrons. The summed E-state index contributed by atoms with van der Waals surface area (Å²) in [6, 6.07) is 2.52. The maximum atomic E-state index is 13.8. The Morgan fingerprint density at radius 3 is 2.63 bits per heavy atom. The van der Waals surface area contributed by atoms with E-state index in [2.05, 4.69) is 30.8 Å². The molecule has 0 saturated carbocycles. The summed E-state index contributed by atoms with van der Waals surface area (Å²) < 4.78 is 18.4. The molecule has 0 amide bonds. The van der Waals surface area contributed by atoms with Crippen LogP contribution in [0, 0.1) is 11.2 Å². The first-order valence-electron chi connectivity index (χ1n) is 6.22. The number of hydrogen-bond acceptors (Lipinski definition) is 4. The number of esters is 1. The molecule has 106 valence electrons. The zero-order valence-electron chi connectivity index (χ0n) is 11.8. The van der Waals surface area contributed by atoms with Crippen LogP contribution in [0.4, 0.5) is 15.8 Å². The van der Waals surface area contributed by atoms with Crippen LogP contribution in [0.5, 0.6) is 0 Å². The third-order valence-electron chi connectivity index (χ3n) is 3.26. The molecule has 0 atom stereocenters. The Bertz CT molecular complexity index is 473. The van der Waals surface area contributed by atoms with Crippen LogP contribution < -0.4 is 11.1 Å². The van der Waals surface area contributed by atoms with Crippen molar-refractivity contribution >= 4 is 17.3 Å². The third-order valence-corrected chi connectivity index (χ3v) is 3.26. The number of carbonyl (C=O) groups excluding carboxylic acids is 1. The molecule has 0 saturated heterocycles. The molecule has 4 nitrogen and oxygen atoms in total. The molecule has 3 N–H and O–H groups in total. The van der Waals surface area contributed by atoms with E-state index >= 15 is 0 Å². The largest absolute Gasteiger partial charge is 0.465 e. The van der Waals surface area contributed by atoms with Crippen LogP contribution in [0.1, 0.15) is 37.6 Å². The molecule has 0 aliphatic heterocycles. The van der Waals surface area contributed by atoms with E-state index in [4.69, 9.17) is 5.73 Å². The smallest absolute Gasteiger partial charge is 0.340 e. The number of nitrogens with one attached hydrogen (secondary N) is 1. The van der Waals surface area contributed by atoms with E-state index in [1.807, 2.05) is 0 Å². The van der Waals surface area contributed by atoms with Crippen molar-refractivity contribution < 1.29 is 13.9 Å². The van der Waals surface area contributed by atoms with E-state index in [-0.39, 0.29) is 22.4 Å². The number of benzene rings is 1. The van der Waals surface area contributed by atoms with E-state index in [1.54, 1.807) is 0 Å². The van der Waals surface area contributed by atoms with Gasteiger partial charge >= 0.3 is 5.97 Å². The van der Waals surface area contributed by atoms with Crippen molar-refractivity contribution in [3.8, 4) is 0 Å². The highest BCUT2D eigenvalue weighted by Crippen LogP contribution is 2.25. The van der Waals surface area contributed by atoms with Gasteiger partial charge in [-0.2, -0.15) is 0 Å². The number of halogens is 1. The number of hydrogen-bond donors (Lipinski definition) is 2. The average Bonchev–Trinajstić information content (AvgIpc) is 2.37. The average molecular weight is 268 g/mol. The van der Waals surface area contributed by atoms with Crippen LogP contribution >= 0.6 is 0 Å². The van der Waals surface area contributed by atoms with E-state index < -0.39 is 11.8 Å². The molecular weight excluding hydrogens is 247 g/mol. The lowest BCUT2D eigenvalue weighted by Gasteiger charge is -2.24. The van der Waals surface area contributed by atoms with Gasteiger partial charge in [0, 0.05) is 12.2 Å². The highest BCUT2D eigenvalue weighted by atomic mass is 19.1. The third kappa shape index (κ3) is 3.84. The summed E-state index contributed by atoms with van der Waals surface area (Å²) >= 11 is 0. The minimum Gasteiger partial charge on any atom is -0.465 e. The molecule has 0 aliphatic carbocycles. The summed E-state index contributed by atoms with van der Waals surface area (Å²) in [4.78, 5) is 11.5. The van der Waals surface area contributed by atoms with Crippen LogP contribution in [0.25, 0.3) is 0 Å². The standard InChI is InChI=1S/C14H21FN2O2/c1-5-14(2,3)8-17-12-6-9(13(18)19-4)11(16)7-10(12)15/h6-7,17H,5,8,16H2,1-4H3. The fraction of sp³-hybridized carbons (Fsp3) is 0.500. The molecular formula is C14H21FN2O2. The molecule has 0 fully saturated rings. The molecule has 1 rings (SSSR count). The van der Waals surface area contributed by atoms with Gasteiger partial charge in [-0.05, 0) is 24.0 Å². The van der Waals surface area contributed by atoms with Crippen LogP contribution in [0.15, 0.2) is 12.1 Å². The summed E-state index contributed by atoms with van der Waals surface area (Å²) in [6.07, 6.45) is 0.959. The Morgan fingerprint density at radius 2 is 2.11 bits per heavy atom. The lowest BCUT2D eigenvalue weighted by Crippen LogP contribution is -2.22. The summed E-state index contributed by atoms with van der Waals surface area (Å²) in [7, 11) is 1.26. The van der Waals surface area contributed by atoms with Gasteiger partial charge < -0.3 is 15.8 Å². The van der Waals surface area contributed by atoms with Crippen LogP contribution in [0.3, 0.4) is 0 Å². The number of carbonyl (C=O) groups is 1. The van der Waals surface area contributed by atoms with Gasteiger partial charge in [-0.1, -0.05) is 20.8 Å². The van der Waals surface area contributed by atoms with Gasteiger partial charge in [0.2, 0.25) is 0 Å². The molecule has 1 aromatic rings. The molecule has 0 spiro atoms. The van der Waals surface area contributed by atoms with E-state index in [0.29, 0.717) is 6.54 Å². The summed E-state index contributed by atoms with van der Waals surface area (Å²) in [5.41, 5.74) is 6.15. The monoisotopic (exact) mass is 268 g/mol. The van der Waals surface area contributed by atoms with Gasteiger partial charge in [0.05, 0.1) is 18.4 Å². The topological polar surface area (TPSA) is 64.3 Å². The van der Waals surface area contributed by atoms with E-state index in [1.165, 1.54) is 13.2 Å². The van der Waals surface area contributed by atoms with Crippen molar-refractivity contribution in [2.75, 3.05) is 24.7 Å². The first-order chi connectivity index (χ1) is 8.80. The van der Waals surface area contributed by atoms with E-state index in [9.17, 15) is 9.18 Å². The fourth-order valence-corrected chi connectivity index (χ4v) is 1.47. The van der Waals surface area contributed by atoms with Crippen molar-refractivity contribution in [3.05, 3.63) is 23.5 Å². The van der Waals surface area contributed by atoms with Gasteiger partial charge in [-0.15, -0.1) is 0 Å². The number of methoxy groups -OCH3 is 1. The number of rotatable bonds is 5. The lowest BCUT2D eigenvalue weighted by molar-refractivity contribution is 0.0602. The second-order valence-corrected chi connectivity index (χ2v) is 5.28. The first kappa shape index (κ1) is 15.3. The SMILES string of the molecule is CCC(C)(C)CNc1cc(C(=O)OC)c(N)cc1F. The molecule has 0 aliphatic rings. The number of nitrogen functional groups attached to an aromatic ring is 1. The zero-order valence-corrected chi connectivity index (χ0v) is 11.8. The van der Waals surface area contributed by atoms with Crippen molar-refractivity contribution in [2.24, 2.45) is 5.41 Å². The maximum absolute atomic E-state index is 13.8. The van der Waals surface area contributed by atoms with Crippen molar-refractivity contribution in [3.63, 3.8) is 0 Å². The quantitative estimate of drug-likeness (QED) is 0.636. The first-order valence-corrected chi connectivity index (χ1v) is 6.22. The molecule has 0 bridgehead atoms. The Labute approximate surface area is 113 Å². The highest BCUT2D eigenvalue weighted by Gasteiger charge is 2.18. The van der Waals surface area contributed by atoms with Gasteiger partial charge in [0.1, 0.15) is 5.82 Å². The predicted octanol–water partition coefficient (Wildman–Crippen LogP) is 3.04. The summed E-state index contributed by atoms with van der Waals surface area (Å²) in [5.74, 6) is -1.05. The van der Waals surface area contributed by atoms with Gasteiger partial charge in [-0.25, -0.2) is 9.18 Å². The molecule has 5 heteroatoms. The zero-order chi connectivity index (χ0) is 14.6. The van der Waals surface area contributed by atoms with Crippen LogP contribution in [-0.4, -0.2) is 19.6 Å². The summed E-state index contributed by atoms with van der Waals surface area (Å²) in [6.45, 7) is 6.83. The Hall–Kier alpha value is -1.78. The van der Waals surface area contributed by atoms with Crippen LogP contribution in [0.2, 0.25) is 0 Å². The predicted molar refractivity (Wildman–Crippen MR) is 74.7 cm³/mol. The highest BCUT2D eigenvalue weighted by molar-refractivity contribution is 5.96. The lowest BCUT2D eigenvalue weighted by atomic mass is 9.90.